The molecule has 1 heterocycles. The third kappa shape index (κ3) is 2.69. The van der Waals surface area contributed by atoms with Crippen molar-refractivity contribution in [2.45, 2.75) is 33.3 Å². The van der Waals surface area contributed by atoms with Crippen molar-refractivity contribution >= 4 is 5.91 Å². The number of nitrogens with zero attached hydrogens (tertiary/aromatic N) is 1. The summed E-state index contributed by atoms with van der Waals surface area (Å²) < 4.78 is 0. The molecule has 2 N–H and O–H groups in total. The fraction of sp³-hybridized carbons (Fsp3) is 0.900. The van der Waals surface area contributed by atoms with E-state index in [0.717, 1.165) is 0 Å². The van der Waals surface area contributed by atoms with Crippen LogP contribution in [-0.2, 0) is 9.63 Å². The Kier molecular flexibility index (Phi) is 3.89. The summed E-state index contributed by atoms with van der Waals surface area (Å²) in [7, 11) is 0. The highest BCUT2D eigenvalue weighted by atomic mass is 16.7. The van der Waals surface area contributed by atoms with Gasteiger partial charge in [0.15, 0.2) is 0 Å². The van der Waals surface area contributed by atoms with E-state index in [1.807, 2.05) is 6.92 Å². The van der Waals surface area contributed by atoms with E-state index < -0.39 is 0 Å². The number of nitrogens with two attached hydrogens (primary N) is 1. The summed E-state index contributed by atoms with van der Waals surface area (Å²) in [5, 5.41) is 1.47. The van der Waals surface area contributed by atoms with Crippen LogP contribution in [0.2, 0.25) is 0 Å². The number of hydrogen-bond acceptors (Lipinski definition) is 3. The highest BCUT2D eigenvalue weighted by molar-refractivity contribution is 5.77. The number of amides is 1. The van der Waals surface area contributed by atoms with E-state index in [0.29, 0.717) is 31.3 Å². The highest BCUT2D eigenvalue weighted by Crippen LogP contribution is 2.22. The SMILES string of the molecule is CC(CN)CN1OC(C(C)C)CC1=O. The molecule has 0 aromatic carbocycles. The molecular weight excluding hydrogens is 180 g/mol. The van der Waals surface area contributed by atoms with Gasteiger partial charge in [0.1, 0.15) is 0 Å². The molecule has 0 aromatic rings. The van der Waals surface area contributed by atoms with Crippen molar-refractivity contribution in [3.8, 4) is 0 Å². The number of carbonyl (C=O) groups excluding carboxylic acids is 1. The molecule has 2 unspecified atom stereocenters. The van der Waals surface area contributed by atoms with Crippen LogP contribution in [0.1, 0.15) is 27.2 Å². The van der Waals surface area contributed by atoms with Crippen molar-refractivity contribution in [1.29, 1.82) is 0 Å². The quantitative estimate of drug-likeness (QED) is 0.729. The maximum absolute atomic E-state index is 11.5. The van der Waals surface area contributed by atoms with Crippen LogP contribution >= 0.6 is 0 Å². The van der Waals surface area contributed by atoms with Crippen LogP contribution in [0.3, 0.4) is 0 Å². The molecule has 0 aliphatic carbocycles. The van der Waals surface area contributed by atoms with E-state index in [2.05, 4.69) is 13.8 Å². The van der Waals surface area contributed by atoms with Gasteiger partial charge in [-0.3, -0.25) is 9.63 Å². The Balaban J connectivity index is 2.44. The first kappa shape index (κ1) is 11.5. The Morgan fingerprint density at radius 3 is 2.64 bits per heavy atom. The van der Waals surface area contributed by atoms with E-state index in [-0.39, 0.29) is 12.0 Å². The second kappa shape index (κ2) is 4.75. The van der Waals surface area contributed by atoms with E-state index in [9.17, 15) is 4.79 Å². The molecule has 0 spiro atoms. The molecule has 1 fully saturated rings. The average Bonchev–Trinajstić information content (AvgIpc) is 2.48. The van der Waals surface area contributed by atoms with Gasteiger partial charge in [0.25, 0.3) is 0 Å². The maximum atomic E-state index is 11.5. The molecule has 1 saturated heterocycles. The monoisotopic (exact) mass is 200 g/mol. The van der Waals surface area contributed by atoms with Gasteiger partial charge in [-0.2, -0.15) is 0 Å². The zero-order valence-electron chi connectivity index (χ0n) is 9.19. The topological polar surface area (TPSA) is 55.6 Å². The summed E-state index contributed by atoms with van der Waals surface area (Å²) >= 11 is 0. The van der Waals surface area contributed by atoms with E-state index in [1.165, 1.54) is 5.06 Å². The van der Waals surface area contributed by atoms with E-state index >= 15 is 0 Å². The van der Waals surface area contributed by atoms with Crippen molar-refractivity contribution in [3.63, 3.8) is 0 Å². The third-order valence-corrected chi connectivity index (χ3v) is 2.54. The molecule has 0 saturated carbocycles. The van der Waals surface area contributed by atoms with Gasteiger partial charge < -0.3 is 5.73 Å². The molecule has 1 aliphatic heterocycles. The maximum Gasteiger partial charge on any atom is 0.248 e. The van der Waals surface area contributed by atoms with Crippen molar-refractivity contribution < 1.29 is 9.63 Å². The van der Waals surface area contributed by atoms with Crippen molar-refractivity contribution in [1.82, 2.24) is 5.06 Å². The number of rotatable bonds is 4. The first-order valence-electron chi connectivity index (χ1n) is 5.21. The summed E-state index contributed by atoms with van der Waals surface area (Å²) in [5.41, 5.74) is 5.50. The lowest BCUT2D eigenvalue weighted by Crippen LogP contribution is -2.32. The summed E-state index contributed by atoms with van der Waals surface area (Å²) in [6, 6.07) is 0. The van der Waals surface area contributed by atoms with Gasteiger partial charge in [0.2, 0.25) is 5.91 Å². The number of hydroxylamine groups is 2. The summed E-state index contributed by atoms with van der Waals surface area (Å²) in [6.45, 7) is 7.33. The Hall–Kier alpha value is -0.610. The summed E-state index contributed by atoms with van der Waals surface area (Å²) in [4.78, 5) is 17.0. The van der Waals surface area contributed by atoms with Crippen LogP contribution in [0.5, 0.6) is 0 Å². The van der Waals surface area contributed by atoms with Gasteiger partial charge in [0, 0.05) is 0 Å². The van der Waals surface area contributed by atoms with Crippen molar-refractivity contribution in [2.75, 3.05) is 13.1 Å². The standard InChI is InChI=1S/C10H20N2O2/c1-7(2)9-4-10(13)12(14-9)6-8(3)5-11/h7-9H,4-6,11H2,1-3H3. The Morgan fingerprint density at radius 2 is 2.21 bits per heavy atom. The summed E-state index contributed by atoms with van der Waals surface area (Å²) in [5.74, 6) is 0.769. The molecule has 4 nitrogen and oxygen atoms in total. The zero-order valence-corrected chi connectivity index (χ0v) is 9.19. The van der Waals surface area contributed by atoms with Gasteiger partial charge in [0.05, 0.1) is 19.1 Å². The lowest BCUT2D eigenvalue weighted by Gasteiger charge is -2.20. The second-order valence-corrected chi connectivity index (χ2v) is 4.39. The Morgan fingerprint density at radius 1 is 1.57 bits per heavy atom. The smallest absolute Gasteiger partial charge is 0.248 e. The minimum atomic E-state index is 0.0486. The van der Waals surface area contributed by atoms with Gasteiger partial charge in [-0.25, -0.2) is 5.06 Å². The van der Waals surface area contributed by atoms with Crippen LogP contribution in [0.25, 0.3) is 0 Å². The predicted octanol–water partition coefficient (Wildman–Crippen LogP) is 0.770. The van der Waals surface area contributed by atoms with Crippen molar-refractivity contribution in [2.24, 2.45) is 17.6 Å². The molecule has 82 valence electrons. The number of hydrogen-bond donors (Lipinski definition) is 1. The van der Waals surface area contributed by atoms with E-state index in [1.54, 1.807) is 0 Å². The lowest BCUT2D eigenvalue weighted by atomic mass is 10.1. The predicted molar refractivity (Wildman–Crippen MR) is 54.3 cm³/mol. The van der Waals surface area contributed by atoms with Crippen LogP contribution in [0, 0.1) is 11.8 Å². The van der Waals surface area contributed by atoms with Gasteiger partial charge in [-0.15, -0.1) is 0 Å². The van der Waals surface area contributed by atoms with Crippen LogP contribution in [-0.4, -0.2) is 30.2 Å². The molecule has 2 atom stereocenters. The normalized spacial score (nSPS) is 24.8. The molecule has 0 bridgehead atoms. The molecule has 14 heavy (non-hydrogen) atoms. The molecule has 4 heteroatoms. The second-order valence-electron chi connectivity index (χ2n) is 4.39. The molecule has 0 radical (unpaired) electrons. The minimum Gasteiger partial charge on any atom is -0.330 e. The summed E-state index contributed by atoms with van der Waals surface area (Å²) in [6.07, 6.45) is 0.557. The largest absolute Gasteiger partial charge is 0.330 e. The highest BCUT2D eigenvalue weighted by Gasteiger charge is 2.33. The molecule has 1 aliphatic rings. The first-order chi connectivity index (χ1) is 6.54. The molecule has 1 amide bonds. The van der Waals surface area contributed by atoms with Crippen LogP contribution in [0.15, 0.2) is 0 Å². The van der Waals surface area contributed by atoms with Gasteiger partial charge in [-0.1, -0.05) is 20.8 Å². The zero-order chi connectivity index (χ0) is 10.7. The Labute approximate surface area is 85.3 Å². The molecule has 1 rings (SSSR count). The lowest BCUT2D eigenvalue weighted by molar-refractivity contribution is -0.180. The fourth-order valence-corrected chi connectivity index (χ4v) is 1.39. The Bertz CT molecular complexity index is 206. The van der Waals surface area contributed by atoms with E-state index in [4.69, 9.17) is 10.6 Å². The molecular formula is C10H20N2O2. The fourth-order valence-electron chi connectivity index (χ4n) is 1.39. The first-order valence-corrected chi connectivity index (χ1v) is 5.21. The van der Waals surface area contributed by atoms with Crippen LogP contribution < -0.4 is 5.73 Å². The number of carbonyl (C=O) groups is 1. The minimum absolute atomic E-state index is 0.0486. The third-order valence-electron chi connectivity index (χ3n) is 2.54. The molecule has 0 aromatic heterocycles. The van der Waals surface area contributed by atoms with Gasteiger partial charge >= 0.3 is 0 Å². The van der Waals surface area contributed by atoms with Crippen molar-refractivity contribution in [3.05, 3.63) is 0 Å². The van der Waals surface area contributed by atoms with Gasteiger partial charge in [-0.05, 0) is 18.4 Å². The van der Waals surface area contributed by atoms with Crippen LogP contribution in [0.4, 0.5) is 0 Å². The average molecular weight is 200 g/mol.